The average Bonchev–Trinajstić information content (AvgIpc) is 3.24. The lowest BCUT2D eigenvalue weighted by Crippen LogP contribution is -2.48. The van der Waals surface area contributed by atoms with Gasteiger partial charge < -0.3 is 9.64 Å². The number of fused-ring (bicyclic) bond motifs is 2. The molecule has 5 rings (SSSR count). The van der Waals surface area contributed by atoms with E-state index in [0.29, 0.717) is 44.3 Å². The molecule has 2 aromatic carbocycles. The number of rotatable bonds is 3. The number of hydrogen-bond donors (Lipinski definition) is 0. The van der Waals surface area contributed by atoms with Crippen LogP contribution in [0.1, 0.15) is 18.4 Å². The van der Waals surface area contributed by atoms with Gasteiger partial charge in [0.15, 0.2) is 11.0 Å². The summed E-state index contributed by atoms with van der Waals surface area (Å²) in [6, 6.07) is 11.4. The van der Waals surface area contributed by atoms with Crippen molar-refractivity contribution in [2.24, 2.45) is 0 Å². The van der Waals surface area contributed by atoms with Gasteiger partial charge in [-0.1, -0.05) is 29.8 Å². The number of benzene rings is 2. The largest absolute Gasteiger partial charge is 0.356 e. The summed E-state index contributed by atoms with van der Waals surface area (Å²) < 4.78 is 38.4. The van der Waals surface area contributed by atoms with E-state index in [4.69, 9.17) is 21.0 Å². The zero-order valence-electron chi connectivity index (χ0n) is 15.5. The van der Waals surface area contributed by atoms with Crippen LogP contribution in [0, 0.1) is 0 Å². The van der Waals surface area contributed by atoms with Crippen molar-refractivity contribution in [2.45, 2.75) is 30.4 Å². The normalized spacial score (nSPS) is 18.9. The van der Waals surface area contributed by atoms with Gasteiger partial charge in [0.2, 0.25) is 10.0 Å². The molecule has 3 heterocycles. The Hall–Kier alpha value is -2.20. The molecule has 0 amide bonds. The van der Waals surface area contributed by atoms with Gasteiger partial charge in [0.25, 0.3) is 0 Å². The first kappa shape index (κ1) is 18.8. The van der Waals surface area contributed by atoms with Crippen LogP contribution in [0.5, 0.6) is 0 Å². The zero-order valence-corrected chi connectivity index (χ0v) is 17.1. The van der Waals surface area contributed by atoms with Gasteiger partial charge in [-0.25, -0.2) is 13.0 Å². The number of piperidine rings is 1. The molecule has 2 aliphatic rings. The second-order valence-electron chi connectivity index (χ2n) is 7.22. The lowest BCUT2D eigenvalue weighted by Gasteiger charge is -2.41. The molecule has 0 unspecified atom stereocenters. The predicted octanol–water partition coefficient (Wildman–Crippen LogP) is 3.02. The van der Waals surface area contributed by atoms with E-state index in [0.717, 1.165) is 5.56 Å². The van der Waals surface area contributed by atoms with Crippen LogP contribution in [0.4, 0.5) is 5.69 Å². The first-order valence-corrected chi connectivity index (χ1v) is 11.2. The van der Waals surface area contributed by atoms with Gasteiger partial charge >= 0.3 is 0 Å². The Morgan fingerprint density at radius 2 is 1.79 bits per heavy atom. The van der Waals surface area contributed by atoms with Crippen LogP contribution in [0.3, 0.4) is 0 Å². The molecule has 1 aromatic heterocycles. The van der Waals surface area contributed by atoms with E-state index in [2.05, 4.69) is 27.3 Å². The second-order valence-corrected chi connectivity index (χ2v) is 9.53. The summed E-state index contributed by atoms with van der Waals surface area (Å²) in [6.45, 7) is 1.97. The number of hydrogen-bond acceptors (Lipinski definition) is 7. The van der Waals surface area contributed by atoms with Crippen LogP contribution in [0.15, 0.2) is 45.9 Å². The topological polar surface area (TPSA) is 88.8 Å². The minimum absolute atomic E-state index is 0.0725. The molecule has 8 nitrogen and oxygen atoms in total. The number of para-hydroxylation sites is 1. The maximum Gasteiger partial charge on any atom is 0.245 e. The van der Waals surface area contributed by atoms with Gasteiger partial charge in [-0.15, -0.1) is 0 Å². The van der Waals surface area contributed by atoms with Crippen molar-refractivity contribution in [3.63, 3.8) is 0 Å². The molecule has 0 aliphatic carbocycles. The third-order valence-corrected chi connectivity index (χ3v) is 7.84. The van der Waals surface area contributed by atoms with E-state index in [-0.39, 0.29) is 22.0 Å². The molecule has 152 valence electrons. The molecule has 0 atom stereocenters. The van der Waals surface area contributed by atoms with Crippen molar-refractivity contribution in [1.82, 2.24) is 14.6 Å². The molecule has 29 heavy (non-hydrogen) atoms. The second kappa shape index (κ2) is 7.24. The Labute approximate surface area is 173 Å². The van der Waals surface area contributed by atoms with E-state index in [9.17, 15) is 8.42 Å². The highest BCUT2D eigenvalue weighted by molar-refractivity contribution is 7.89. The fourth-order valence-electron chi connectivity index (χ4n) is 4.09. The fraction of sp³-hybridized carbons (Fsp3) is 0.368. The van der Waals surface area contributed by atoms with Crippen molar-refractivity contribution in [3.05, 3.63) is 47.0 Å². The maximum atomic E-state index is 13.2. The lowest BCUT2D eigenvalue weighted by atomic mass is 10.0. The zero-order chi connectivity index (χ0) is 20.0. The van der Waals surface area contributed by atoms with Crippen LogP contribution in [-0.2, 0) is 21.4 Å². The summed E-state index contributed by atoms with van der Waals surface area (Å²) in [5.74, 6) is 0. The van der Waals surface area contributed by atoms with Gasteiger partial charge in [0, 0.05) is 30.4 Å². The third kappa shape index (κ3) is 3.18. The summed E-state index contributed by atoms with van der Waals surface area (Å²) in [4.78, 5) is 2.31. The third-order valence-electron chi connectivity index (χ3n) is 5.60. The minimum Gasteiger partial charge on any atom is -0.356 e. The van der Waals surface area contributed by atoms with E-state index in [1.54, 1.807) is 0 Å². The average molecular weight is 435 g/mol. The molecule has 0 N–H and O–H groups in total. The van der Waals surface area contributed by atoms with E-state index in [1.807, 2.05) is 12.1 Å². The number of halogens is 1. The van der Waals surface area contributed by atoms with Crippen LogP contribution >= 0.6 is 11.6 Å². The molecule has 3 aromatic rings. The van der Waals surface area contributed by atoms with Gasteiger partial charge in [0.1, 0.15) is 11.6 Å². The fourth-order valence-corrected chi connectivity index (χ4v) is 5.87. The number of sulfonamides is 1. The summed E-state index contributed by atoms with van der Waals surface area (Å²) in [5.41, 5.74) is 2.76. The van der Waals surface area contributed by atoms with Crippen molar-refractivity contribution in [1.29, 1.82) is 0 Å². The van der Waals surface area contributed by atoms with E-state index >= 15 is 0 Å². The summed E-state index contributed by atoms with van der Waals surface area (Å²) in [6.07, 6.45) is 1.43. The smallest absolute Gasteiger partial charge is 0.245 e. The lowest BCUT2D eigenvalue weighted by molar-refractivity contribution is 0.0988. The molecule has 0 radical (unpaired) electrons. The molecule has 0 saturated carbocycles. The summed E-state index contributed by atoms with van der Waals surface area (Å²) in [7, 11) is -3.73. The highest BCUT2D eigenvalue weighted by atomic mass is 35.5. The Morgan fingerprint density at radius 1 is 1.03 bits per heavy atom. The molecular formula is C19H19ClN4O4S. The molecular weight excluding hydrogens is 416 g/mol. The van der Waals surface area contributed by atoms with Crippen molar-refractivity contribution < 1.29 is 17.8 Å². The number of anilines is 1. The Balaban J connectivity index is 1.37. The summed E-state index contributed by atoms with van der Waals surface area (Å²) >= 11 is 6.06. The Bertz CT molecular complexity index is 1160. The van der Waals surface area contributed by atoms with Gasteiger partial charge in [0.05, 0.1) is 11.6 Å². The van der Waals surface area contributed by atoms with E-state index in [1.165, 1.54) is 22.1 Å². The summed E-state index contributed by atoms with van der Waals surface area (Å²) in [5, 5.41) is 7.77. The minimum atomic E-state index is -3.73. The van der Waals surface area contributed by atoms with Crippen LogP contribution < -0.4 is 4.90 Å². The highest BCUT2D eigenvalue weighted by Crippen LogP contribution is 2.33. The quantitative estimate of drug-likeness (QED) is 0.625. The monoisotopic (exact) mass is 434 g/mol. The predicted molar refractivity (Wildman–Crippen MR) is 107 cm³/mol. The standard InChI is InChI=1S/C19H19ClN4O4S/c20-15-5-6-17(19-18(15)21-28-22-19)29(25,26)23-9-7-14(8-10-23)24-12-27-11-13-3-1-2-4-16(13)24/h1-6,14H,7-12H2. The SMILES string of the molecule is O=S(=O)(c1ccc(Cl)c2nonc12)N1CCC(N2COCc3ccccc32)CC1. The van der Waals surface area contributed by atoms with Crippen molar-refractivity contribution in [3.8, 4) is 0 Å². The van der Waals surface area contributed by atoms with E-state index < -0.39 is 10.0 Å². The maximum absolute atomic E-state index is 13.2. The van der Waals surface area contributed by atoms with Gasteiger partial charge in [-0.3, -0.25) is 0 Å². The van der Waals surface area contributed by atoms with Crippen molar-refractivity contribution >= 4 is 38.3 Å². The number of ether oxygens (including phenoxy) is 1. The molecule has 2 aliphatic heterocycles. The molecule has 0 bridgehead atoms. The molecule has 0 spiro atoms. The first-order valence-electron chi connectivity index (χ1n) is 9.39. The highest BCUT2D eigenvalue weighted by Gasteiger charge is 2.35. The number of aromatic nitrogens is 2. The van der Waals surface area contributed by atoms with Crippen molar-refractivity contribution in [2.75, 3.05) is 24.7 Å². The molecule has 10 heteroatoms. The first-order chi connectivity index (χ1) is 14.1. The molecule has 1 saturated heterocycles. The Kier molecular flexibility index (Phi) is 4.70. The van der Waals surface area contributed by atoms with Gasteiger partial charge in [-0.05, 0) is 41.4 Å². The Morgan fingerprint density at radius 3 is 2.62 bits per heavy atom. The van der Waals surface area contributed by atoms with Crippen LogP contribution in [0.25, 0.3) is 11.0 Å². The van der Waals surface area contributed by atoms with Gasteiger partial charge in [-0.2, -0.15) is 4.31 Å². The molecule has 1 fully saturated rings. The van der Waals surface area contributed by atoms with Crippen LogP contribution in [-0.4, -0.2) is 48.9 Å². The number of nitrogens with zero attached hydrogens (tertiary/aromatic N) is 4. The van der Waals surface area contributed by atoms with Crippen LogP contribution in [0.2, 0.25) is 5.02 Å².